The SMILES string of the molecule is Oc1ccc2oc3c(c2c1C=NN1CCCCC1)CCCC3. The molecular formula is C18H22N2O2. The van der Waals surface area contributed by atoms with Crippen molar-refractivity contribution in [1.82, 2.24) is 5.01 Å². The quantitative estimate of drug-likeness (QED) is 0.857. The third-order valence-electron chi connectivity index (χ3n) is 4.82. The number of benzene rings is 1. The van der Waals surface area contributed by atoms with Gasteiger partial charge in [-0.25, -0.2) is 0 Å². The lowest BCUT2D eigenvalue weighted by atomic mass is 9.94. The van der Waals surface area contributed by atoms with Gasteiger partial charge >= 0.3 is 0 Å². The predicted octanol–water partition coefficient (Wildman–Crippen LogP) is 3.84. The number of hydrogen-bond acceptors (Lipinski definition) is 4. The van der Waals surface area contributed by atoms with Crippen LogP contribution in [0.15, 0.2) is 21.7 Å². The van der Waals surface area contributed by atoms with Gasteiger partial charge in [0.25, 0.3) is 0 Å². The maximum Gasteiger partial charge on any atom is 0.135 e. The van der Waals surface area contributed by atoms with Crippen LogP contribution in [0.4, 0.5) is 0 Å². The predicted molar refractivity (Wildman–Crippen MR) is 87.5 cm³/mol. The maximum absolute atomic E-state index is 10.3. The highest BCUT2D eigenvalue weighted by Crippen LogP contribution is 2.36. The van der Waals surface area contributed by atoms with Gasteiger partial charge in [0.1, 0.15) is 17.1 Å². The molecule has 0 amide bonds. The fourth-order valence-corrected chi connectivity index (χ4v) is 3.64. The average molecular weight is 298 g/mol. The number of piperidine rings is 1. The topological polar surface area (TPSA) is 49.0 Å². The van der Waals surface area contributed by atoms with E-state index in [0.717, 1.165) is 48.2 Å². The van der Waals surface area contributed by atoms with E-state index in [2.05, 4.69) is 10.1 Å². The zero-order valence-corrected chi connectivity index (χ0v) is 12.8. The van der Waals surface area contributed by atoms with E-state index in [-0.39, 0.29) is 0 Å². The Kier molecular flexibility index (Phi) is 3.53. The Morgan fingerprint density at radius 2 is 1.86 bits per heavy atom. The molecule has 2 aliphatic rings. The molecular weight excluding hydrogens is 276 g/mol. The molecule has 22 heavy (non-hydrogen) atoms. The number of rotatable bonds is 2. The Hall–Kier alpha value is -1.97. The summed E-state index contributed by atoms with van der Waals surface area (Å²) in [5.74, 6) is 1.39. The summed E-state index contributed by atoms with van der Waals surface area (Å²) in [6.07, 6.45) is 9.96. The highest BCUT2D eigenvalue weighted by Gasteiger charge is 2.21. The van der Waals surface area contributed by atoms with Gasteiger partial charge in [0.05, 0.1) is 6.21 Å². The number of fused-ring (bicyclic) bond motifs is 3. The standard InChI is InChI=1S/C18H22N2O2/c21-15-8-9-17-18(13-6-2-3-7-16(13)22-17)14(15)12-19-20-10-4-1-5-11-20/h8-9,12,21H,1-7,10-11H2. The summed E-state index contributed by atoms with van der Waals surface area (Å²) < 4.78 is 5.99. The summed E-state index contributed by atoms with van der Waals surface area (Å²) >= 11 is 0. The second kappa shape index (κ2) is 5.67. The molecule has 2 heterocycles. The van der Waals surface area contributed by atoms with Crippen molar-refractivity contribution in [3.05, 3.63) is 29.0 Å². The molecule has 1 N–H and O–H groups in total. The molecule has 4 nitrogen and oxygen atoms in total. The minimum Gasteiger partial charge on any atom is -0.507 e. The van der Waals surface area contributed by atoms with Crippen molar-refractivity contribution >= 4 is 17.2 Å². The summed E-state index contributed by atoms with van der Waals surface area (Å²) in [5, 5.41) is 18.1. The summed E-state index contributed by atoms with van der Waals surface area (Å²) in [4.78, 5) is 0. The maximum atomic E-state index is 10.3. The van der Waals surface area contributed by atoms with Crippen LogP contribution in [0.3, 0.4) is 0 Å². The first kappa shape index (κ1) is 13.7. The van der Waals surface area contributed by atoms with E-state index in [1.54, 1.807) is 6.07 Å². The molecule has 1 aromatic carbocycles. The first-order chi connectivity index (χ1) is 10.8. The van der Waals surface area contributed by atoms with Gasteiger partial charge < -0.3 is 9.52 Å². The van der Waals surface area contributed by atoms with E-state index in [9.17, 15) is 5.11 Å². The summed E-state index contributed by atoms with van der Waals surface area (Å²) in [6, 6.07) is 3.59. The largest absolute Gasteiger partial charge is 0.507 e. The number of phenolic OH excluding ortho intramolecular Hbond substituents is 1. The van der Waals surface area contributed by atoms with E-state index in [1.807, 2.05) is 12.3 Å². The van der Waals surface area contributed by atoms with Crippen LogP contribution in [0.25, 0.3) is 11.0 Å². The van der Waals surface area contributed by atoms with Crippen molar-refractivity contribution in [2.45, 2.75) is 44.9 Å². The minimum atomic E-state index is 0.294. The summed E-state index contributed by atoms with van der Waals surface area (Å²) in [6.45, 7) is 2.02. The molecule has 1 aromatic heterocycles. The van der Waals surface area contributed by atoms with E-state index in [1.165, 1.54) is 37.7 Å². The second-order valence-corrected chi connectivity index (χ2v) is 6.34. The second-order valence-electron chi connectivity index (χ2n) is 6.34. The highest BCUT2D eigenvalue weighted by molar-refractivity contribution is 6.02. The van der Waals surface area contributed by atoms with E-state index in [4.69, 9.17) is 4.42 Å². The van der Waals surface area contributed by atoms with Gasteiger partial charge in [-0.05, 0) is 50.7 Å². The smallest absolute Gasteiger partial charge is 0.135 e. The van der Waals surface area contributed by atoms with Crippen molar-refractivity contribution in [3.8, 4) is 5.75 Å². The lowest BCUT2D eigenvalue weighted by Gasteiger charge is -2.23. The molecule has 2 aromatic rings. The highest BCUT2D eigenvalue weighted by atomic mass is 16.3. The number of phenols is 1. The van der Waals surface area contributed by atoms with Crippen LogP contribution in [-0.2, 0) is 12.8 Å². The number of nitrogens with zero attached hydrogens (tertiary/aromatic N) is 2. The Bertz CT molecular complexity index is 711. The molecule has 4 rings (SSSR count). The lowest BCUT2D eigenvalue weighted by Crippen LogP contribution is -2.24. The van der Waals surface area contributed by atoms with Crippen LogP contribution in [0.1, 0.15) is 49.0 Å². The van der Waals surface area contributed by atoms with Crippen molar-refractivity contribution in [2.75, 3.05) is 13.1 Å². The molecule has 0 spiro atoms. The van der Waals surface area contributed by atoms with Gasteiger partial charge in [0.15, 0.2) is 0 Å². The first-order valence-corrected chi connectivity index (χ1v) is 8.38. The van der Waals surface area contributed by atoms with Crippen LogP contribution in [0, 0.1) is 0 Å². The van der Waals surface area contributed by atoms with Crippen LogP contribution in [-0.4, -0.2) is 29.4 Å². The van der Waals surface area contributed by atoms with Gasteiger partial charge in [-0.3, -0.25) is 5.01 Å². The Labute approximate surface area is 130 Å². The zero-order chi connectivity index (χ0) is 14.9. The lowest BCUT2D eigenvalue weighted by molar-refractivity contribution is 0.240. The fourth-order valence-electron chi connectivity index (χ4n) is 3.64. The molecule has 4 heteroatoms. The van der Waals surface area contributed by atoms with Crippen LogP contribution in [0.5, 0.6) is 5.75 Å². The van der Waals surface area contributed by atoms with Gasteiger partial charge in [0, 0.05) is 36.0 Å². The average Bonchev–Trinajstić information content (AvgIpc) is 2.94. The van der Waals surface area contributed by atoms with Gasteiger partial charge in [-0.2, -0.15) is 5.10 Å². The Balaban J connectivity index is 1.76. The summed E-state index contributed by atoms with van der Waals surface area (Å²) in [5.41, 5.74) is 2.97. The Morgan fingerprint density at radius 1 is 1.05 bits per heavy atom. The van der Waals surface area contributed by atoms with E-state index >= 15 is 0 Å². The number of hydrazone groups is 1. The molecule has 1 saturated heterocycles. The third kappa shape index (κ3) is 2.36. The minimum absolute atomic E-state index is 0.294. The van der Waals surface area contributed by atoms with Gasteiger partial charge in [0.2, 0.25) is 0 Å². The summed E-state index contributed by atoms with van der Waals surface area (Å²) in [7, 11) is 0. The number of aromatic hydroxyl groups is 1. The Morgan fingerprint density at radius 3 is 2.73 bits per heavy atom. The van der Waals surface area contributed by atoms with Crippen molar-refractivity contribution in [1.29, 1.82) is 0 Å². The number of hydrogen-bond donors (Lipinski definition) is 1. The van der Waals surface area contributed by atoms with Gasteiger partial charge in [-0.1, -0.05) is 0 Å². The van der Waals surface area contributed by atoms with Crippen LogP contribution < -0.4 is 0 Å². The molecule has 0 unspecified atom stereocenters. The van der Waals surface area contributed by atoms with Gasteiger partial charge in [-0.15, -0.1) is 0 Å². The van der Waals surface area contributed by atoms with Crippen molar-refractivity contribution in [3.63, 3.8) is 0 Å². The molecule has 0 saturated carbocycles. The fraction of sp³-hybridized carbons (Fsp3) is 0.500. The van der Waals surface area contributed by atoms with Crippen molar-refractivity contribution < 1.29 is 9.52 Å². The van der Waals surface area contributed by atoms with Crippen LogP contribution >= 0.6 is 0 Å². The molecule has 1 aliphatic heterocycles. The number of furan rings is 1. The third-order valence-corrected chi connectivity index (χ3v) is 4.82. The molecule has 1 fully saturated rings. The molecule has 0 atom stereocenters. The van der Waals surface area contributed by atoms with Crippen molar-refractivity contribution in [2.24, 2.45) is 5.10 Å². The van der Waals surface area contributed by atoms with E-state index in [0.29, 0.717) is 5.75 Å². The monoisotopic (exact) mass is 298 g/mol. The zero-order valence-electron chi connectivity index (χ0n) is 12.8. The first-order valence-electron chi connectivity index (χ1n) is 8.38. The molecule has 0 radical (unpaired) electrons. The molecule has 1 aliphatic carbocycles. The molecule has 116 valence electrons. The number of aryl methyl sites for hydroxylation is 2. The normalized spacial score (nSPS) is 19.0. The molecule has 0 bridgehead atoms. The van der Waals surface area contributed by atoms with Crippen LogP contribution in [0.2, 0.25) is 0 Å². The van der Waals surface area contributed by atoms with E-state index < -0.39 is 0 Å².